The molecule has 23 heavy (non-hydrogen) atoms. The van der Waals surface area contributed by atoms with Gasteiger partial charge in [-0.25, -0.2) is 0 Å². The number of pyridine rings is 1. The Kier molecular flexibility index (Phi) is 4.95. The Labute approximate surface area is 136 Å². The summed E-state index contributed by atoms with van der Waals surface area (Å²) in [6, 6.07) is 3.93. The maximum absolute atomic E-state index is 12.5. The molecule has 1 amide bonds. The van der Waals surface area contributed by atoms with Gasteiger partial charge in [-0.1, -0.05) is 6.07 Å². The lowest BCUT2D eigenvalue weighted by Crippen LogP contribution is -2.39. The van der Waals surface area contributed by atoms with E-state index in [-0.39, 0.29) is 5.91 Å². The maximum atomic E-state index is 12.5. The quantitative estimate of drug-likeness (QED) is 0.870. The van der Waals surface area contributed by atoms with Crippen molar-refractivity contribution in [3.63, 3.8) is 0 Å². The van der Waals surface area contributed by atoms with Crippen LogP contribution in [0.1, 0.15) is 42.1 Å². The van der Waals surface area contributed by atoms with Crippen molar-refractivity contribution >= 4 is 5.91 Å². The molecule has 1 aliphatic rings. The van der Waals surface area contributed by atoms with Gasteiger partial charge >= 0.3 is 0 Å². The minimum absolute atomic E-state index is 0.221. The number of aromatic nitrogens is 3. The monoisotopic (exact) mass is 310 g/mol. The maximum Gasteiger partial charge on any atom is 0.222 e. The Morgan fingerprint density at radius 2 is 2.22 bits per heavy atom. The van der Waals surface area contributed by atoms with Gasteiger partial charge in [0.15, 0.2) is 0 Å². The van der Waals surface area contributed by atoms with E-state index in [2.05, 4.69) is 15.0 Å². The van der Waals surface area contributed by atoms with Gasteiger partial charge in [0.2, 0.25) is 5.91 Å². The summed E-state index contributed by atoms with van der Waals surface area (Å²) in [5.74, 6) is 0.526. The third-order valence-corrected chi connectivity index (χ3v) is 4.32. The topological polar surface area (TPSA) is 59.0 Å². The smallest absolute Gasteiger partial charge is 0.222 e. The van der Waals surface area contributed by atoms with E-state index >= 15 is 0 Å². The Balaban J connectivity index is 1.58. The second-order valence-corrected chi connectivity index (χ2v) is 6.13. The Morgan fingerprint density at radius 3 is 3.00 bits per heavy atom. The zero-order valence-corrected chi connectivity index (χ0v) is 13.5. The van der Waals surface area contributed by atoms with E-state index in [9.17, 15) is 4.79 Å². The van der Waals surface area contributed by atoms with Crippen LogP contribution in [0.2, 0.25) is 0 Å². The Hall–Kier alpha value is -2.30. The van der Waals surface area contributed by atoms with Crippen LogP contribution in [0, 0.1) is 6.92 Å². The normalized spacial score (nSPS) is 18.0. The van der Waals surface area contributed by atoms with E-state index in [1.54, 1.807) is 12.4 Å². The fraction of sp³-hybridized carbons (Fsp3) is 0.444. The molecule has 3 rings (SSSR count). The molecular formula is C18H22N4O. The lowest BCUT2D eigenvalue weighted by molar-refractivity contribution is -0.132. The lowest BCUT2D eigenvalue weighted by Gasteiger charge is -2.32. The first-order valence-electron chi connectivity index (χ1n) is 8.17. The number of likely N-dealkylation sites (tertiary alicyclic amines) is 1. The molecule has 120 valence electrons. The van der Waals surface area contributed by atoms with Gasteiger partial charge in [-0.3, -0.25) is 19.7 Å². The number of rotatable bonds is 4. The molecule has 1 saturated heterocycles. The van der Waals surface area contributed by atoms with E-state index in [0.29, 0.717) is 12.3 Å². The number of hydrogen-bond acceptors (Lipinski definition) is 4. The van der Waals surface area contributed by atoms with Crippen molar-refractivity contribution in [2.75, 3.05) is 13.1 Å². The number of nitrogens with zero attached hydrogens (tertiary/aromatic N) is 4. The van der Waals surface area contributed by atoms with E-state index in [1.165, 1.54) is 0 Å². The predicted molar refractivity (Wildman–Crippen MR) is 87.9 cm³/mol. The van der Waals surface area contributed by atoms with Crippen molar-refractivity contribution < 1.29 is 4.79 Å². The van der Waals surface area contributed by atoms with Crippen LogP contribution >= 0.6 is 0 Å². The minimum Gasteiger partial charge on any atom is -0.342 e. The molecule has 5 nitrogen and oxygen atoms in total. The second-order valence-electron chi connectivity index (χ2n) is 6.13. The van der Waals surface area contributed by atoms with Crippen LogP contribution < -0.4 is 0 Å². The molecular weight excluding hydrogens is 288 g/mol. The second kappa shape index (κ2) is 7.31. The highest BCUT2D eigenvalue weighted by atomic mass is 16.2. The van der Waals surface area contributed by atoms with Gasteiger partial charge in [-0.05, 0) is 37.8 Å². The molecule has 5 heteroatoms. The highest BCUT2D eigenvalue weighted by Gasteiger charge is 2.25. The van der Waals surface area contributed by atoms with Gasteiger partial charge in [0, 0.05) is 50.2 Å². The lowest BCUT2D eigenvalue weighted by atomic mass is 9.94. The molecule has 0 N–H and O–H groups in total. The summed E-state index contributed by atoms with van der Waals surface area (Å²) in [4.78, 5) is 27.4. The molecule has 1 atom stereocenters. The van der Waals surface area contributed by atoms with Gasteiger partial charge in [0.05, 0.1) is 11.4 Å². The molecule has 3 heterocycles. The molecule has 1 aliphatic heterocycles. The third kappa shape index (κ3) is 4.12. The summed E-state index contributed by atoms with van der Waals surface area (Å²) < 4.78 is 0. The first-order chi connectivity index (χ1) is 11.2. The van der Waals surface area contributed by atoms with Gasteiger partial charge in [0.1, 0.15) is 0 Å². The first-order valence-corrected chi connectivity index (χ1v) is 8.17. The van der Waals surface area contributed by atoms with Crippen LogP contribution in [0.5, 0.6) is 0 Å². The molecule has 0 saturated carbocycles. The molecule has 0 unspecified atom stereocenters. The van der Waals surface area contributed by atoms with Crippen LogP contribution in [0.25, 0.3) is 0 Å². The molecule has 2 aromatic heterocycles. The first kappa shape index (κ1) is 15.6. The predicted octanol–water partition coefficient (Wildman–Crippen LogP) is 2.52. The summed E-state index contributed by atoms with van der Waals surface area (Å²) in [5.41, 5.74) is 3.05. The summed E-state index contributed by atoms with van der Waals surface area (Å²) in [7, 11) is 0. The van der Waals surface area contributed by atoms with Crippen molar-refractivity contribution in [1.29, 1.82) is 0 Å². The summed E-state index contributed by atoms with van der Waals surface area (Å²) in [6.45, 7) is 3.56. The van der Waals surface area contributed by atoms with Crippen molar-refractivity contribution in [2.24, 2.45) is 0 Å². The summed E-state index contributed by atoms with van der Waals surface area (Å²) >= 11 is 0. The number of hydrogen-bond donors (Lipinski definition) is 0. The van der Waals surface area contributed by atoms with Crippen molar-refractivity contribution in [2.45, 2.75) is 38.5 Å². The standard InChI is InChI=1S/C18H22N4O/c1-14-10-20-12-17(21-14)16-5-3-9-22(13-16)18(23)7-6-15-4-2-8-19-11-15/h2,4,8,10-12,16H,3,5-7,9,13H2,1H3/t16-/m1/s1. The fourth-order valence-electron chi connectivity index (χ4n) is 3.08. The van der Waals surface area contributed by atoms with Crippen LogP contribution in [0.4, 0.5) is 0 Å². The highest BCUT2D eigenvalue weighted by molar-refractivity contribution is 5.76. The van der Waals surface area contributed by atoms with Gasteiger partial charge in [0.25, 0.3) is 0 Å². The average Bonchev–Trinajstić information content (AvgIpc) is 2.61. The molecule has 0 bridgehead atoms. The van der Waals surface area contributed by atoms with Crippen LogP contribution in [-0.4, -0.2) is 38.8 Å². The molecule has 0 aliphatic carbocycles. The molecule has 1 fully saturated rings. The van der Waals surface area contributed by atoms with Gasteiger partial charge < -0.3 is 4.90 Å². The summed E-state index contributed by atoms with van der Waals surface area (Å²) in [6.07, 6.45) is 10.6. The highest BCUT2D eigenvalue weighted by Crippen LogP contribution is 2.25. The number of aryl methyl sites for hydroxylation is 2. The van der Waals surface area contributed by atoms with Crippen LogP contribution in [0.3, 0.4) is 0 Å². The van der Waals surface area contributed by atoms with E-state index in [1.807, 2.05) is 36.4 Å². The minimum atomic E-state index is 0.221. The number of piperidine rings is 1. The van der Waals surface area contributed by atoms with Gasteiger partial charge in [-0.15, -0.1) is 0 Å². The van der Waals surface area contributed by atoms with E-state index in [4.69, 9.17) is 0 Å². The molecule has 0 radical (unpaired) electrons. The molecule has 0 spiro atoms. The zero-order chi connectivity index (χ0) is 16.1. The number of amides is 1. The third-order valence-electron chi connectivity index (χ3n) is 4.32. The van der Waals surface area contributed by atoms with Crippen LogP contribution in [-0.2, 0) is 11.2 Å². The molecule has 0 aromatic carbocycles. The average molecular weight is 310 g/mol. The zero-order valence-electron chi connectivity index (χ0n) is 13.5. The SMILES string of the molecule is Cc1cncc([C@@H]2CCCN(C(=O)CCc3cccnc3)C2)n1. The van der Waals surface area contributed by atoms with E-state index < -0.39 is 0 Å². The fourth-order valence-corrected chi connectivity index (χ4v) is 3.08. The Bertz CT molecular complexity index is 659. The number of carbonyl (C=O) groups excluding carboxylic acids is 1. The van der Waals surface area contributed by atoms with Gasteiger partial charge in [-0.2, -0.15) is 0 Å². The van der Waals surface area contributed by atoms with Crippen LogP contribution in [0.15, 0.2) is 36.9 Å². The summed E-state index contributed by atoms with van der Waals surface area (Å²) in [5, 5.41) is 0. The van der Waals surface area contributed by atoms with Crippen molar-refractivity contribution in [1.82, 2.24) is 19.9 Å². The number of carbonyl (C=O) groups is 1. The van der Waals surface area contributed by atoms with Crippen molar-refractivity contribution in [3.8, 4) is 0 Å². The molecule has 2 aromatic rings. The van der Waals surface area contributed by atoms with E-state index in [0.717, 1.165) is 49.3 Å². The largest absolute Gasteiger partial charge is 0.342 e. The van der Waals surface area contributed by atoms with Crippen molar-refractivity contribution in [3.05, 3.63) is 53.9 Å². The Morgan fingerprint density at radius 1 is 1.30 bits per heavy atom.